The van der Waals surface area contributed by atoms with Crippen LogP contribution in [0.3, 0.4) is 0 Å². The Kier molecular flexibility index (Phi) is 9.08. The second kappa shape index (κ2) is 12.4. The van der Waals surface area contributed by atoms with E-state index in [4.69, 9.17) is 28.0 Å². The van der Waals surface area contributed by atoms with Crippen LogP contribution in [-0.4, -0.2) is 29.0 Å². The lowest BCUT2D eigenvalue weighted by Gasteiger charge is -2.32. The number of nitrogens with zero attached hydrogens (tertiary/aromatic N) is 1. The molecule has 2 aromatic carbocycles. The third kappa shape index (κ3) is 7.03. The van der Waals surface area contributed by atoms with E-state index in [0.29, 0.717) is 11.4 Å². The van der Waals surface area contributed by atoms with Gasteiger partial charge in [-0.1, -0.05) is 78.9 Å². The van der Waals surface area contributed by atoms with Crippen molar-refractivity contribution < 1.29 is 19.2 Å². The second-order valence-electron chi connectivity index (χ2n) is 8.80. The van der Waals surface area contributed by atoms with Crippen molar-refractivity contribution in [2.24, 2.45) is 0 Å². The number of carbonyl (C=O) groups is 3. The highest BCUT2D eigenvalue weighted by molar-refractivity contribution is 7.16. The minimum Gasteiger partial charge on any atom is -0.338 e. The fraction of sp³-hybridized carbons (Fsp3) is 0.296. The fourth-order valence-electron chi connectivity index (χ4n) is 4.30. The Morgan fingerprint density at radius 1 is 0.973 bits per heavy atom. The van der Waals surface area contributed by atoms with Gasteiger partial charge in [-0.05, 0) is 36.6 Å². The Morgan fingerprint density at radius 2 is 1.65 bits per heavy atom. The summed E-state index contributed by atoms with van der Waals surface area (Å²) in [4.78, 5) is 44.9. The van der Waals surface area contributed by atoms with Gasteiger partial charge in [0.2, 0.25) is 0 Å². The van der Waals surface area contributed by atoms with E-state index in [-0.39, 0.29) is 27.3 Å². The molecule has 1 saturated carbocycles. The Hall–Kier alpha value is -3.07. The molecule has 0 spiro atoms. The van der Waals surface area contributed by atoms with Gasteiger partial charge < -0.3 is 10.2 Å². The molecule has 194 valence electrons. The maximum atomic E-state index is 13.8. The number of hydroxylamine groups is 2. The number of amides is 3. The Morgan fingerprint density at radius 3 is 2.30 bits per heavy atom. The number of hydrogen-bond donors (Lipinski definition) is 2. The normalized spacial score (nSPS) is 13.6. The van der Waals surface area contributed by atoms with Gasteiger partial charge in [0.05, 0.1) is 27.3 Å². The minimum absolute atomic E-state index is 0.216. The Balaban J connectivity index is 1.64. The van der Waals surface area contributed by atoms with Crippen LogP contribution in [0.5, 0.6) is 0 Å². The van der Waals surface area contributed by atoms with Crippen LogP contribution in [0.1, 0.15) is 59.8 Å². The van der Waals surface area contributed by atoms with Crippen LogP contribution >= 0.6 is 34.5 Å². The molecular weight excluding hydrogens is 533 g/mol. The Bertz CT molecular complexity index is 1260. The van der Waals surface area contributed by atoms with E-state index in [2.05, 4.69) is 10.6 Å². The van der Waals surface area contributed by atoms with Crippen molar-refractivity contribution in [1.29, 1.82) is 0 Å². The maximum absolute atomic E-state index is 13.8. The third-order valence-corrected chi connectivity index (χ3v) is 7.68. The third-order valence-electron chi connectivity index (χ3n) is 6.00. The van der Waals surface area contributed by atoms with Gasteiger partial charge in [-0.25, -0.2) is 4.79 Å². The molecule has 1 fully saturated rings. The predicted molar refractivity (Wildman–Crippen MR) is 147 cm³/mol. The SMILES string of the molecule is CC(=O)ON(C(=O)c1cc(Cc2ccccc2)sc1NC(=O)Nc1c(Cl)cccc1Cl)C1CCCCC1. The first-order valence-electron chi connectivity index (χ1n) is 12.0. The molecule has 37 heavy (non-hydrogen) atoms. The van der Waals surface area contributed by atoms with E-state index in [1.807, 2.05) is 30.3 Å². The zero-order chi connectivity index (χ0) is 26.4. The molecule has 0 saturated heterocycles. The summed E-state index contributed by atoms with van der Waals surface area (Å²) < 4.78 is 0. The smallest absolute Gasteiger partial charge is 0.329 e. The summed E-state index contributed by atoms with van der Waals surface area (Å²) in [5.74, 6) is -1.04. The molecule has 1 aliphatic rings. The predicted octanol–water partition coefficient (Wildman–Crippen LogP) is 7.54. The molecule has 0 aliphatic heterocycles. The van der Waals surface area contributed by atoms with Crippen LogP contribution in [0, 0.1) is 0 Å². The van der Waals surface area contributed by atoms with Gasteiger partial charge in [-0.3, -0.25) is 14.9 Å². The number of thiophene rings is 1. The minimum atomic E-state index is -0.603. The van der Waals surface area contributed by atoms with E-state index < -0.39 is 17.9 Å². The average Bonchev–Trinajstić information content (AvgIpc) is 3.27. The van der Waals surface area contributed by atoms with E-state index in [9.17, 15) is 14.4 Å². The molecule has 0 atom stereocenters. The van der Waals surface area contributed by atoms with Crippen molar-refractivity contribution in [3.05, 3.63) is 80.6 Å². The standard InChI is InChI=1S/C27H27Cl2N3O4S/c1-17(33)36-32(19-11-6-3-7-12-19)26(34)21-16-20(15-18-9-4-2-5-10-18)37-25(21)31-27(35)30-24-22(28)13-8-14-23(24)29/h2,4-5,8-10,13-14,16,19H,3,6-7,11-12,15H2,1H3,(H2,30,31,35). The molecule has 1 aliphatic carbocycles. The fourth-order valence-corrected chi connectivity index (χ4v) is 5.87. The second-order valence-corrected chi connectivity index (χ2v) is 10.8. The number of para-hydroxylation sites is 1. The number of rotatable bonds is 6. The first-order chi connectivity index (χ1) is 17.8. The number of hydrogen-bond acceptors (Lipinski definition) is 5. The summed E-state index contributed by atoms with van der Waals surface area (Å²) in [6.07, 6.45) is 5.04. The highest BCUT2D eigenvalue weighted by Gasteiger charge is 2.32. The average molecular weight is 561 g/mol. The van der Waals surface area contributed by atoms with Crippen molar-refractivity contribution in [3.8, 4) is 0 Å². The highest BCUT2D eigenvalue weighted by Crippen LogP contribution is 2.34. The van der Waals surface area contributed by atoms with Crippen molar-refractivity contribution >= 4 is 63.1 Å². The van der Waals surface area contributed by atoms with Crippen LogP contribution < -0.4 is 10.6 Å². The molecule has 3 aromatic rings. The molecule has 0 bridgehead atoms. The van der Waals surface area contributed by atoms with Crippen LogP contribution in [-0.2, 0) is 16.1 Å². The quantitative estimate of drug-likeness (QED) is 0.305. The molecule has 7 nitrogen and oxygen atoms in total. The lowest BCUT2D eigenvalue weighted by Crippen LogP contribution is -2.42. The van der Waals surface area contributed by atoms with Gasteiger partial charge >= 0.3 is 12.0 Å². The number of nitrogens with one attached hydrogen (secondary N) is 2. The molecule has 1 aromatic heterocycles. The molecule has 1 heterocycles. The van der Waals surface area contributed by atoms with Crippen molar-refractivity contribution in [1.82, 2.24) is 5.06 Å². The van der Waals surface area contributed by atoms with Gasteiger partial charge in [0.15, 0.2) is 0 Å². The van der Waals surface area contributed by atoms with Crippen molar-refractivity contribution in [2.75, 3.05) is 10.6 Å². The summed E-state index contributed by atoms with van der Waals surface area (Å²) in [6.45, 7) is 1.28. The van der Waals surface area contributed by atoms with Crippen LogP contribution in [0.4, 0.5) is 15.5 Å². The molecule has 0 unspecified atom stereocenters. The number of anilines is 2. The first kappa shape index (κ1) is 27.0. The topological polar surface area (TPSA) is 87.7 Å². The van der Waals surface area contributed by atoms with Crippen LogP contribution in [0.25, 0.3) is 0 Å². The monoisotopic (exact) mass is 559 g/mol. The van der Waals surface area contributed by atoms with E-state index in [0.717, 1.165) is 42.5 Å². The summed E-state index contributed by atoms with van der Waals surface area (Å²) in [5.41, 5.74) is 1.58. The van der Waals surface area contributed by atoms with Crippen LogP contribution in [0.15, 0.2) is 54.6 Å². The molecule has 3 amide bonds. The number of benzene rings is 2. The molecule has 0 radical (unpaired) electrons. The van der Waals surface area contributed by atoms with E-state index in [1.54, 1.807) is 24.3 Å². The molecule has 4 rings (SSSR count). The largest absolute Gasteiger partial charge is 0.338 e. The molecule has 10 heteroatoms. The zero-order valence-corrected chi connectivity index (χ0v) is 22.6. The summed E-state index contributed by atoms with van der Waals surface area (Å²) in [7, 11) is 0. The highest BCUT2D eigenvalue weighted by atomic mass is 35.5. The summed E-state index contributed by atoms with van der Waals surface area (Å²) in [6, 6.07) is 15.6. The molecular formula is C27H27Cl2N3O4S. The van der Waals surface area contributed by atoms with Gasteiger partial charge in [-0.2, -0.15) is 5.06 Å². The van der Waals surface area contributed by atoms with Gasteiger partial charge in [-0.15, -0.1) is 11.3 Å². The van der Waals surface area contributed by atoms with E-state index >= 15 is 0 Å². The maximum Gasteiger partial charge on any atom is 0.329 e. The first-order valence-corrected chi connectivity index (χ1v) is 13.6. The summed E-state index contributed by atoms with van der Waals surface area (Å²) >= 11 is 13.7. The van der Waals surface area contributed by atoms with Crippen molar-refractivity contribution in [3.63, 3.8) is 0 Å². The van der Waals surface area contributed by atoms with Gasteiger partial charge in [0.25, 0.3) is 5.91 Å². The van der Waals surface area contributed by atoms with Gasteiger partial charge in [0, 0.05) is 18.2 Å². The Labute approximate surface area is 229 Å². The number of halogens is 2. The lowest BCUT2D eigenvalue weighted by molar-refractivity contribution is -0.185. The number of carbonyl (C=O) groups excluding carboxylic acids is 3. The summed E-state index contributed by atoms with van der Waals surface area (Å²) in [5, 5.41) is 7.53. The van der Waals surface area contributed by atoms with Gasteiger partial charge in [0.1, 0.15) is 5.00 Å². The van der Waals surface area contributed by atoms with E-state index in [1.165, 1.54) is 23.3 Å². The molecule has 2 N–H and O–H groups in total. The lowest BCUT2D eigenvalue weighted by atomic mass is 9.95. The number of urea groups is 1. The van der Waals surface area contributed by atoms with Crippen LogP contribution in [0.2, 0.25) is 10.0 Å². The zero-order valence-electron chi connectivity index (χ0n) is 20.3. The van der Waals surface area contributed by atoms with Crippen molar-refractivity contribution in [2.45, 2.75) is 51.5 Å².